The Morgan fingerprint density at radius 2 is 2.35 bits per heavy atom. The van der Waals surface area contributed by atoms with Gasteiger partial charge in [0.25, 0.3) is 0 Å². The van der Waals surface area contributed by atoms with Gasteiger partial charge in [-0.25, -0.2) is 9.89 Å². The van der Waals surface area contributed by atoms with Gasteiger partial charge in [-0.2, -0.15) is 0 Å². The molecule has 1 heterocycles. The molecule has 0 bridgehead atoms. The highest BCUT2D eigenvalue weighted by atomic mass is 32.2. The van der Waals surface area contributed by atoms with E-state index < -0.39 is 5.54 Å². The first-order valence-corrected chi connectivity index (χ1v) is 7.55. The van der Waals surface area contributed by atoms with Crippen LogP contribution >= 0.6 is 11.8 Å². The standard InChI is InChI=1S/C12H20N4O3S/c1-12(9(17)19-3,13-8-4-5-8)6-7-20-11-15-14-10(18)16(11)2/h8,13H,4-7H2,1-3H3,(H,14,18). The number of nitrogens with zero attached hydrogens (tertiary/aromatic N) is 2. The third-order valence-corrected chi connectivity index (χ3v) is 4.44. The zero-order valence-corrected chi connectivity index (χ0v) is 12.7. The van der Waals surface area contributed by atoms with E-state index >= 15 is 0 Å². The SMILES string of the molecule is COC(=O)C(C)(CCSc1n[nH]c(=O)n1C)NC1CC1. The van der Waals surface area contributed by atoms with Gasteiger partial charge in [0.2, 0.25) is 0 Å². The molecule has 112 valence electrons. The molecule has 8 heteroatoms. The second kappa shape index (κ2) is 6.01. The van der Waals surface area contributed by atoms with E-state index in [-0.39, 0.29) is 11.7 Å². The molecule has 0 aliphatic heterocycles. The summed E-state index contributed by atoms with van der Waals surface area (Å²) in [6.07, 6.45) is 2.82. The molecule has 20 heavy (non-hydrogen) atoms. The van der Waals surface area contributed by atoms with Gasteiger partial charge < -0.3 is 4.74 Å². The fourth-order valence-corrected chi connectivity index (χ4v) is 3.02. The Labute approximate surface area is 121 Å². The molecule has 1 atom stereocenters. The summed E-state index contributed by atoms with van der Waals surface area (Å²) in [5, 5.41) is 10.3. The third-order valence-electron chi connectivity index (χ3n) is 3.41. The maximum Gasteiger partial charge on any atom is 0.343 e. The van der Waals surface area contributed by atoms with Gasteiger partial charge in [0.15, 0.2) is 5.16 Å². The molecule has 0 spiro atoms. The largest absolute Gasteiger partial charge is 0.468 e. The number of aromatic amines is 1. The summed E-state index contributed by atoms with van der Waals surface area (Å²) in [7, 11) is 3.07. The van der Waals surface area contributed by atoms with Gasteiger partial charge in [0, 0.05) is 18.8 Å². The number of carbonyl (C=O) groups is 1. The Balaban J connectivity index is 1.93. The topological polar surface area (TPSA) is 89.0 Å². The van der Waals surface area contributed by atoms with E-state index in [0.29, 0.717) is 23.4 Å². The summed E-state index contributed by atoms with van der Waals surface area (Å²) >= 11 is 1.44. The number of thioether (sulfide) groups is 1. The molecule has 2 rings (SSSR count). The van der Waals surface area contributed by atoms with Gasteiger partial charge >= 0.3 is 11.7 Å². The van der Waals surface area contributed by atoms with E-state index in [2.05, 4.69) is 15.5 Å². The van der Waals surface area contributed by atoms with Crippen molar-refractivity contribution in [3.63, 3.8) is 0 Å². The molecule has 1 aromatic heterocycles. The molecular formula is C12H20N4O3S. The van der Waals surface area contributed by atoms with E-state index in [0.717, 1.165) is 12.8 Å². The van der Waals surface area contributed by atoms with Crippen LogP contribution in [0.1, 0.15) is 26.2 Å². The molecule has 0 amide bonds. The van der Waals surface area contributed by atoms with Crippen LogP contribution in [0.4, 0.5) is 0 Å². The quantitative estimate of drug-likeness (QED) is 0.555. The fourth-order valence-electron chi connectivity index (χ4n) is 1.94. The highest BCUT2D eigenvalue weighted by molar-refractivity contribution is 7.99. The predicted octanol–water partition coefficient (Wildman–Crippen LogP) is 0.274. The van der Waals surface area contributed by atoms with Crippen LogP contribution < -0.4 is 11.0 Å². The number of hydrogen-bond donors (Lipinski definition) is 2. The van der Waals surface area contributed by atoms with Crippen molar-refractivity contribution < 1.29 is 9.53 Å². The number of methoxy groups -OCH3 is 1. The molecule has 1 fully saturated rings. The zero-order chi connectivity index (χ0) is 14.8. The number of H-pyrrole nitrogens is 1. The maximum absolute atomic E-state index is 11.9. The number of nitrogens with one attached hydrogen (secondary N) is 2. The van der Waals surface area contributed by atoms with E-state index in [4.69, 9.17) is 4.74 Å². The molecule has 1 aliphatic rings. The number of ether oxygens (including phenoxy) is 1. The van der Waals surface area contributed by atoms with Gasteiger partial charge in [0.1, 0.15) is 5.54 Å². The first-order valence-electron chi connectivity index (χ1n) is 6.56. The predicted molar refractivity (Wildman–Crippen MR) is 75.7 cm³/mol. The first-order chi connectivity index (χ1) is 9.46. The summed E-state index contributed by atoms with van der Waals surface area (Å²) in [6.45, 7) is 1.86. The molecule has 1 saturated carbocycles. The average molecular weight is 300 g/mol. The Hall–Kier alpha value is -1.28. The minimum atomic E-state index is -0.682. The fraction of sp³-hybridized carbons (Fsp3) is 0.750. The molecule has 2 N–H and O–H groups in total. The Morgan fingerprint density at radius 3 is 2.85 bits per heavy atom. The molecular weight excluding hydrogens is 280 g/mol. The Morgan fingerprint density at radius 1 is 1.65 bits per heavy atom. The lowest BCUT2D eigenvalue weighted by molar-refractivity contribution is -0.148. The number of rotatable bonds is 7. The van der Waals surface area contributed by atoms with Crippen LogP contribution in [0, 0.1) is 0 Å². The zero-order valence-electron chi connectivity index (χ0n) is 11.9. The third kappa shape index (κ3) is 3.43. The average Bonchev–Trinajstić information content (AvgIpc) is 3.18. The van der Waals surface area contributed by atoms with Crippen LogP contribution in [0.2, 0.25) is 0 Å². The normalized spacial score (nSPS) is 17.8. The Kier molecular flexibility index (Phi) is 4.54. The van der Waals surface area contributed by atoms with E-state index in [1.54, 1.807) is 7.05 Å². The number of aromatic nitrogens is 3. The van der Waals surface area contributed by atoms with Gasteiger partial charge in [-0.3, -0.25) is 14.7 Å². The molecule has 1 aliphatic carbocycles. The second-order valence-corrected chi connectivity index (χ2v) is 6.27. The Bertz CT molecular complexity index is 537. The summed E-state index contributed by atoms with van der Waals surface area (Å²) < 4.78 is 6.34. The summed E-state index contributed by atoms with van der Waals surface area (Å²) in [5.41, 5.74) is -0.919. The van der Waals surface area contributed by atoms with E-state index in [1.165, 1.54) is 23.4 Å². The number of carbonyl (C=O) groups excluding carboxylic acids is 1. The van der Waals surface area contributed by atoms with Crippen LogP contribution in [0.3, 0.4) is 0 Å². The van der Waals surface area contributed by atoms with Crippen LogP contribution in [0.25, 0.3) is 0 Å². The maximum atomic E-state index is 11.9. The van der Waals surface area contributed by atoms with E-state index in [1.807, 2.05) is 6.92 Å². The van der Waals surface area contributed by atoms with Crippen LogP contribution in [-0.4, -0.2) is 45.2 Å². The minimum absolute atomic E-state index is 0.237. The van der Waals surface area contributed by atoms with Crippen LogP contribution in [0.5, 0.6) is 0 Å². The van der Waals surface area contributed by atoms with E-state index in [9.17, 15) is 9.59 Å². The lowest BCUT2D eigenvalue weighted by Crippen LogP contribution is -2.51. The van der Waals surface area contributed by atoms with Crippen molar-refractivity contribution in [2.24, 2.45) is 7.05 Å². The van der Waals surface area contributed by atoms with Crippen molar-refractivity contribution in [3.8, 4) is 0 Å². The number of esters is 1. The highest BCUT2D eigenvalue weighted by Gasteiger charge is 2.39. The van der Waals surface area contributed by atoms with Crippen molar-refractivity contribution in [1.29, 1.82) is 0 Å². The lowest BCUT2D eigenvalue weighted by Gasteiger charge is -2.27. The van der Waals surface area contributed by atoms with Gasteiger partial charge in [-0.15, -0.1) is 5.10 Å². The van der Waals surface area contributed by atoms with Crippen LogP contribution in [0.15, 0.2) is 9.95 Å². The smallest absolute Gasteiger partial charge is 0.343 e. The molecule has 1 unspecified atom stereocenters. The summed E-state index contributed by atoms with van der Waals surface area (Å²) in [5.74, 6) is 0.421. The molecule has 1 aromatic rings. The lowest BCUT2D eigenvalue weighted by atomic mass is 9.99. The monoisotopic (exact) mass is 300 g/mol. The van der Waals surface area contributed by atoms with Gasteiger partial charge in [-0.1, -0.05) is 11.8 Å². The van der Waals surface area contributed by atoms with Gasteiger partial charge in [-0.05, 0) is 26.2 Å². The molecule has 7 nitrogen and oxygen atoms in total. The van der Waals surface area contributed by atoms with Crippen LogP contribution in [-0.2, 0) is 16.6 Å². The van der Waals surface area contributed by atoms with Crippen molar-refractivity contribution in [2.75, 3.05) is 12.9 Å². The minimum Gasteiger partial charge on any atom is -0.468 e. The van der Waals surface area contributed by atoms with Crippen molar-refractivity contribution in [1.82, 2.24) is 20.1 Å². The van der Waals surface area contributed by atoms with Crippen molar-refractivity contribution in [3.05, 3.63) is 10.5 Å². The van der Waals surface area contributed by atoms with Gasteiger partial charge in [0.05, 0.1) is 7.11 Å². The second-order valence-electron chi connectivity index (χ2n) is 5.21. The molecule has 0 radical (unpaired) electrons. The highest BCUT2D eigenvalue weighted by Crippen LogP contribution is 2.26. The first kappa shape index (κ1) is 15.1. The summed E-state index contributed by atoms with van der Waals surface area (Å²) in [4.78, 5) is 23.2. The van der Waals surface area contributed by atoms with Crippen molar-refractivity contribution in [2.45, 2.75) is 42.9 Å². The van der Waals surface area contributed by atoms with Crippen molar-refractivity contribution >= 4 is 17.7 Å². The summed E-state index contributed by atoms with van der Waals surface area (Å²) in [6, 6.07) is 0.416. The molecule has 0 saturated heterocycles. The molecule has 0 aromatic carbocycles. The number of hydrogen-bond acceptors (Lipinski definition) is 6.